The molecule has 1 heterocycles. The maximum atomic E-state index is 12.3. The minimum absolute atomic E-state index is 0.0427. The molecule has 0 atom stereocenters. The maximum Gasteiger partial charge on any atom is 0.281 e. The molecule has 0 amide bonds. The zero-order valence-corrected chi connectivity index (χ0v) is 8.53. The van der Waals surface area contributed by atoms with E-state index in [2.05, 4.69) is 4.98 Å². The molecule has 0 unspecified atom stereocenters. The van der Waals surface area contributed by atoms with Crippen LogP contribution in [0.25, 0.3) is 0 Å². The van der Waals surface area contributed by atoms with Crippen LogP contribution in [0.5, 0.6) is 0 Å². The number of aryl methyl sites for hydroxylation is 1. The van der Waals surface area contributed by atoms with E-state index in [1.165, 1.54) is 6.92 Å². The van der Waals surface area contributed by atoms with Gasteiger partial charge in [-0.25, -0.2) is 13.8 Å². The standard InChI is InChI=1S/C8H5Cl2F2NO/c1-3-4(7(10)14)2-5(9)6(13-3)8(11)12/h2,8H,1H3. The lowest BCUT2D eigenvalue weighted by molar-refractivity contribution is 0.107. The molecule has 2 nitrogen and oxygen atoms in total. The van der Waals surface area contributed by atoms with Crippen LogP contribution in [0.15, 0.2) is 6.07 Å². The van der Waals surface area contributed by atoms with E-state index in [1.807, 2.05) is 0 Å². The Hall–Kier alpha value is -0.740. The molecular formula is C8H5Cl2F2NO. The van der Waals surface area contributed by atoms with E-state index in [4.69, 9.17) is 23.2 Å². The van der Waals surface area contributed by atoms with Crippen LogP contribution in [0.2, 0.25) is 5.02 Å². The molecule has 76 valence electrons. The Morgan fingerprint density at radius 2 is 2.14 bits per heavy atom. The molecule has 0 saturated carbocycles. The number of rotatable bonds is 2. The molecule has 0 spiro atoms. The van der Waals surface area contributed by atoms with Crippen molar-refractivity contribution < 1.29 is 13.6 Å². The minimum atomic E-state index is -2.76. The van der Waals surface area contributed by atoms with Gasteiger partial charge in [-0.2, -0.15) is 0 Å². The van der Waals surface area contributed by atoms with E-state index in [0.29, 0.717) is 0 Å². The van der Waals surface area contributed by atoms with Gasteiger partial charge >= 0.3 is 0 Å². The summed E-state index contributed by atoms with van der Waals surface area (Å²) in [5.74, 6) is 0. The number of aromatic nitrogens is 1. The zero-order valence-electron chi connectivity index (χ0n) is 7.02. The second kappa shape index (κ2) is 4.19. The number of carbonyl (C=O) groups excluding carboxylic acids is 1. The number of hydrogen-bond acceptors (Lipinski definition) is 2. The first kappa shape index (κ1) is 11.3. The molecule has 0 N–H and O–H groups in total. The molecule has 0 aliphatic carbocycles. The van der Waals surface area contributed by atoms with E-state index < -0.39 is 17.4 Å². The first-order valence-electron chi connectivity index (χ1n) is 3.58. The molecule has 6 heteroatoms. The first-order valence-corrected chi connectivity index (χ1v) is 4.34. The van der Waals surface area contributed by atoms with Gasteiger partial charge in [0.25, 0.3) is 11.7 Å². The minimum Gasteiger partial charge on any atom is -0.276 e. The number of hydrogen-bond donors (Lipinski definition) is 0. The lowest BCUT2D eigenvalue weighted by Gasteiger charge is -2.06. The van der Waals surface area contributed by atoms with Gasteiger partial charge < -0.3 is 0 Å². The van der Waals surface area contributed by atoms with Crippen LogP contribution in [-0.2, 0) is 0 Å². The number of pyridine rings is 1. The van der Waals surface area contributed by atoms with Gasteiger partial charge in [-0.15, -0.1) is 0 Å². The van der Waals surface area contributed by atoms with Crippen LogP contribution >= 0.6 is 23.2 Å². The van der Waals surface area contributed by atoms with Gasteiger partial charge in [-0.3, -0.25) is 4.79 Å². The van der Waals surface area contributed by atoms with Crippen molar-refractivity contribution in [1.29, 1.82) is 0 Å². The summed E-state index contributed by atoms with van der Waals surface area (Å²) in [6.07, 6.45) is -2.76. The summed E-state index contributed by atoms with van der Waals surface area (Å²) in [7, 11) is 0. The lowest BCUT2D eigenvalue weighted by Crippen LogP contribution is -2.01. The Balaban J connectivity index is 3.31. The highest BCUT2D eigenvalue weighted by atomic mass is 35.5. The fourth-order valence-corrected chi connectivity index (χ4v) is 1.38. The molecule has 0 saturated heterocycles. The normalized spacial score (nSPS) is 10.7. The number of nitrogens with zero attached hydrogens (tertiary/aromatic N) is 1. The van der Waals surface area contributed by atoms with Gasteiger partial charge in [0.05, 0.1) is 16.3 Å². The lowest BCUT2D eigenvalue weighted by atomic mass is 10.2. The maximum absolute atomic E-state index is 12.3. The van der Waals surface area contributed by atoms with Crippen LogP contribution in [-0.4, -0.2) is 10.2 Å². The molecule has 0 aromatic carbocycles. The summed E-state index contributed by atoms with van der Waals surface area (Å²) in [5.41, 5.74) is -0.350. The summed E-state index contributed by atoms with van der Waals surface area (Å²) < 4.78 is 24.6. The van der Waals surface area contributed by atoms with E-state index in [9.17, 15) is 13.6 Å². The van der Waals surface area contributed by atoms with Crippen molar-refractivity contribution in [3.63, 3.8) is 0 Å². The molecule has 1 aromatic rings. The average molecular weight is 240 g/mol. The van der Waals surface area contributed by atoms with E-state index in [-0.39, 0.29) is 16.3 Å². The van der Waals surface area contributed by atoms with Gasteiger partial charge in [-0.1, -0.05) is 11.6 Å². The van der Waals surface area contributed by atoms with Crippen molar-refractivity contribution in [2.75, 3.05) is 0 Å². The van der Waals surface area contributed by atoms with Gasteiger partial charge in [-0.05, 0) is 24.6 Å². The van der Waals surface area contributed by atoms with Gasteiger partial charge in [0, 0.05) is 0 Å². The van der Waals surface area contributed by atoms with Crippen LogP contribution < -0.4 is 0 Å². The SMILES string of the molecule is Cc1nc(C(F)F)c(Cl)cc1C(=O)Cl. The van der Waals surface area contributed by atoms with E-state index in [0.717, 1.165) is 6.07 Å². The van der Waals surface area contributed by atoms with E-state index >= 15 is 0 Å². The highest BCUT2D eigenvalue weighted by molar-refractivity contribution is 6.68. The Kier molecular flexibility index (Phi) is 3.39. The molecule has 0 aliphatic heterocycles. The third-order valence-corrected chi connectivity index (χ3v) is 2.12. The zero-order chi connectivity index (χ0) is 10.9. The third kappa shape index (κ3) is 2.19. The van der Waals surface area contributed by atoms with Crippen molar-refractivity contribution in [3.05, 3.63) is 28.0 Å². The molecule has 1 rings (SSSR count). The second-order valence-corrected chi connectivity index (χ2v) is 3.31. The van der Waals surface area contributed by atoms with Crippen molar-refractivity contribution in [2.45, 2.75) is 13.3 Å². The fraction of sp³-hybridized carbons (Fsp3) is 0.250. The molecular weight excluding hydrogens is 235 g/mol. The van der Waals surface area contributed by atoms with Gasteiger partial charge in [0.15, 0.2) is 0 Å². The van der Waals surface area contributed by atoms with Crippen molar-refractivity contribution >= 4 is 28.4 Å². The summed E-state index contributed by atoms with van der Waals surface area (Å²) in [6.45, 7) is 1.41. The summed E-state index contributed by atoms with van der Waals surface area (Å²) in [5, 5.41) is -1.02. The van der Waals surface area contributed by atoms with Crippen molar-refractivity contribution in [3.8, 4) is 0 Å². The molecule has 0 aliphatic rings. The van der Waals surface area contributed by atoms with Gasteiger partial charge in [0.1, 0.15) is 5.69 Å². The summed E-state index contributed by atoms with van der Waals surface area (Å²) in [4.78, 5) is 14.3. The monoisotopic (exact) mass is 239 g/mol. The summed E-state index contributed by atoms with van der Waals surface area (Å²) in [6, 6.07) is 1.10. The average Bonchev–Trinajstić information content (AvgIpc) is 2.07. The Morgan fingerprint density at radius 1 is 1.57 bits per heavy atom. The Bertz CT molecular complexity index is 382. The van der Waals surface area contributed by atoms with Crippen LogP contribution in [0.1, 0.15) is 28.2 Å². The smallest absolute Gasteiger partial charge is 0.276 e. The number of carbonyl (C=O) groups is 1. The van der Waals surface area contributed by atoms with Crippen LogP contribution in [0.4, 0.5) is 8.78 Å². The largest absolute Gasteiger partial charge is 0.281 e. The highest BCUT2D eigenvalue weighted by Crippen LogP contribution is 2.27. The van der Waals surface area contributed by atoms with E-state index in [1.54, 1.807) is 0 Å². The first-order chi connectivity index (χ1) is 6.43. The van der Waals surface area contributed by atoms with Crippen LogP contribution in [0, 0.1) is 6.92 Å². The quantitative estimate of drug-likeness (QED) is 0.742. The predicted molar refractivity (Wildman–Crippen MR) is 49.1 cm³/mol. The van der Waals surface area contributed by atoms with Crippen molar-refractivity contribution in [1.82, 2.24) is 4.98 Å². The molecule has 0 fully saturated rings. The molecule has 0 bridgehead atoms. The molecule has 14 heavy (non-hydrogen) atoms. The second-order valence-electron chi connectivity index (χ2n) is 2.56. The number of halogens is 4. The Labute approximate surface area is 88.8 Å². The van der Waals surface area contributed by atoms with Crippen molar-refractivity contribution in [2.24, 2.45) is 0 Å². The predicted octanol–water partition coefficient (Wildman–Crippen LogP) is 3.36. The molecule has 1 aromatic heterocycles. The van der Waals surface area contributed by atoms with Gasteiger partial charge in [0.2, 0.25) is 0 Å². The molecule has 0 radical (unpaired) electrons. The number of alkyl halides is 2. The third-order valence-electron chi connectivity index (χ3n) is 1.61. The summed E-state index contributed by atoms with van der Waals surface area (Å²) >= 11 is 10.7. The van der Waals surface area contributed by atoms with Crippen LogP contribution in [0.3, 0.4) is 0 Å². The topological polar surface area (TPSA) is 30.0 Å². The Morgan fingerprint density at radius 3 is 2.57 bits per heavy atom. The highest BCUT2D eigenvalue weighted by Gasteiger charge is 2.18. The fourth-order valence-electron chi connectivity index (χ4n) is 0.951.